The summed E-state index contributed by atoms with van der Waals surface area (Å²) in [6, 6.07) is 2.67. The minimum atomic E-state index is -1.39. The average molecular weight is 268 g/mol. The molecule has 104 valence electrons. The van der Waals surface area contributed by atoms with E-state index in [0.29, 0.717) is 6.42 Å². The number of carboxylic acid groups (broad SMARTS) is 1. The molecule has 0 aromatic heterocycles. The van der Waals surface area contributed by atoms with Gasteiger partial charge in [0.15, 0.2) is 0 Å². The lowest BCUT2D eigenvalue weighted by Gasteiger charge is -2.14. The van der Waals surface area contributed by atoms with E-state index >= 15 is 0 Å². The van der Waals surface area contributed by atoms with Gasteiger partial charge in [0, 0.05) is 5.69 Å². The molecule has 0 radical (unpaired) electrons. The summed E-state index contributed by atoms with van der Waals surface area (Å²) < 4.78 is 13.2. The fourth-order valence-electron chi connectivity index (χ4n) is 1.62. The summed E-state index contributed by atoms with van der Waals surface area (Å²) in [5, 5.41) is 11.3. The van der Waals surface area contributed by atoms with E-state index in [1.807, 2.05) is 13.8 Å². The molecule has 6 heteroatoms. The maximum Gasteiger partial charge on any atom is 0.338 e. The summed E-state index contributed by atoms with van der Waals surface area (Å²) >= 11 is 0. The highest BCUT2D eigenvalue weighted by molar-refractivity contribution is 5.96. The largest absolute Gasteiger partial charge is 0.478 e. The molecule has 0 fully saturated rings. The summed E-state index contributed by atoms with van der Waals surface area (Å²) in [5.74, 6) is -2.39. The molecule has 1 aromatic carbocycles. The number of hydrogen-bond donors (Lipinski definition) is 3. The number of rotatable bonds is 5. The number of anilines is 1. The number of halogens is 1. The van der Waals surface area contributed by atoms with Crippen LogP contribution in [0.4, 0.5) is 10.1 Å². The van der Waals surface area contributed by atoms with Crippen molar-refractivity contribution in [2.45, 2.75) is 26.3 Å². The highest BCUT2D eigenvalue weighted by Gasteiger charge is 2.17. The second-order valence-electron chi connectivity index (χ2n) is 4.73. The Hall–Kier alpha value is -1.95. The number of carbonyl (C=O) groups excluding carboxylic acids is 1. The van der Waals surface area contributed by atoms with Crippen LogP contribution in [-0.4, -0.2) is 23.0 Å². The Bertz CT molecular complexity index is 489. The van der Waals surface area contributed by atoms with Gasteiger partial charge < -0.3 is 16.2 Å². The van der Waals surface area contributed by atoms with E-state index in [2.05, 4.69) is 5.32 Å². The Morgan fingerprint density at radius 3 is 2.58 bits per heavy atom. The smallest absolute Gasteiger partial charge is 0.338 e. The van der Waals surface area contributed by atoms with E-state index < -0.39 is 29.3 Å². The molecule has 19 heavy (non-hydrogen) atoms. The highest BCUT2D eigenvalue weighted by Crippen LogP contribution is 2.15. The average Bonchev–Trinajstić information content (AvgIpc) is 2.30. The number of carbonyl (C=O) groups is 2. The molecule has 1 amide bonds. The first-order valence-electron chi connectivity index (χ1n) is 5.90. The Kier molecular flexibility index (Phi) is 5.00. The molecule has 1 rings (SSSR count). The topological polar surface area (TPSA) is 92.4 Å². The predicted molar refractivity (Wildman–Crippen MR) is 69.4 cm³/mol. The van der Waals surface area contributed by atoms with Crippen molar-refractivity contribution in [3.8, 4) is 0 Å². The highest BCUT2D eigenvalue weighted by atomic mass is 19.1. The van der Waals surface area contributed by atoms with Gasteiger partial charge in [-0.05, 0) is 30.5 Å². The van der Waals surface area contributed by atoms with Crippen LogP contribution in [0, 0.1) is 11.7 Å². The standard InChI is InChI=1S/C13H17FN2O3/c1-7(2)5-11(15)12(17)16-8-3-4-10(14)9(6-8)13(18)19/h3-4,6-7,11H,5,15H2,1-2H3,(H,16,17)(H,18,19)/t11-/m1/s1. The van der Waals surface area contributed by atoms with Crippen molar-refractivity contribution < 1.29 is 19.1 Å². The second-order valence-corrected chi connectivity index (χ2v) is 4.73. The van der Waals surface area contributed by atoms with Gasteiger partial charge in [-0.2, -0.15) is 0 Å². The molecule has 0 spiro atoms. The molecule has 0 saturated carbocycles. The van der Waals surface area contributed by atoms with E-state index in [1.54, 1.807) is 0 Å². The third kappa shape index (κ3) is 4.33. The zero-order chi connectivity index (χ0) is 14.6. The van der Waals surface area contributed by atoms with Crippen LogP contribution in [0.15, 0.2) is 18.2 Å². The van der Waals surface area contributed by atoms with Crippen molar-refractivity contribution in [2.75, 3.05) is 5.32 Å². The summed E-state index contributed by atoms with van der Waals surface area (Å²) in [5.41, 5.74) is 5.41. The lowest BCUT2D eigenvalue weighted by atomic mass is 10.0. The Morgan fingerprint density at radius 2 is 2.05 bits per heavy atom. The zero-order valence-electron chi connectivity index (χ0n) is 10.8. The first-order valence-corrected chi connectivity index (χ1v) is 5.90. The molecule has 0 aliphatic rings. The molecule has 0 aliphatic carbocycles. The number of carboxylic acids is 1. The molecular weight excluding hydrogens is 251 g/mol. The minimum Gasteiger partial charge on any atom is -0.478 e. The van der Waals surface area contributed by atoms with Crippen LogP contribution in [0.2, 0.25) is 0 Å². The van der Waals surface area contributed by atoms with Gasteiger partial charge in [0.05, 0.1) is 11.6 Å². The third-order valence-electron chi connectivity index (χ3n) is 2.53. The molecule has 0 heterocycles. The first kappa shape index (κ1) is 15.1. The maximum atomic E-state index is 13.2. The van der Waals surface area contributed by atoms with Crippen LogP contribution in [-0.2, 0) is 4.79 Å². The van der Waals surface area contributed by atoms with Gasteiger partial charge in [-0.3, -0.25) is 4.79 Å². The fourth-order valence-corrected chi connectivity index (χ4v) is 1.62. The van der Waals surface area contributed by atoms with E-state index in [4.69, 9.17) is 10.8 Å². The van der Waals surface area contributed by atoms with Gasteiger partial charge in [0.25, 0.3) is 0 Å². The normalized spacial score (nSPS) is 12.3. The van der Waals surface area contributed by atoms with Crippen molar-refractivity contribution >= 4 is 17.6 Å². The van der Waals surface area contributed by atoms with Crippen LogP contribution in [0.5, 0.6) is 0 Å². The summed E-state index contributed by atoms with van der Waals surface area (Å²) in [6.45, 7) is 3.88. The molecule has 1 atom stereocenters. The lowest BCUT2D eigenvalue weighted by molar-refractivity contribution is -0.117. The molecular formula is C13H17FN2O3. The number of amides is 1. The van der Waals surface area contributed by atoms with Gasteiger partial charge in [0.1, 0.15) is 5.82 Å². The molecule has 0 aliphatic heterocycles. The van der Waals surface area contributed by atoms with Gasteiger partial charge in [0.2, 0.25) is 5.91 Å². The summed E-state index contributed by atoms with van der Waals surface area (Å²) in [4.78, 5) is 22.5. The first-order chi connectivity index (χ1) is 8.81. The molecule has 0 bridgehead atoms. The third-order valence-corrected chi connectivity index (χ3v) is 2.53. The van der Waals surface area contributed by atoms with Gasteiger partial charge in [-0.15, -0.1) is 0 Å². The zero-order valence-corrected chi connectivity index (χ0v) is 10.8. The number of hydrogen-bond acceptors (Lipinski definition) is 3. The SMILES string of the molecule is CC(C)C[C@@H](N)C(=O)Nc1ccc(F)c(C(=O)O)c1. The van der Waals surface area contributed by atoms with Crippen molar-refractivity contribution in [3.63, 3.8) is 0 Å². The monoisotopic (exact) mass is 268 g/mol. The quantitative estimate of drug-likeness (QED) is 0.759. The van der Waals surface area contributed by atoms with Crippen molar-refractivity contribution in [1.82, 2.24) is 0 Å². The van der Waals surface area contributed by atoms with E-state index in [0.717, 1.165) is 12.1 Å². The van der Waals surface area contributed by atoms with E-state index in [9.17, 15) is 14.0 Å². The van der Waals surface area contributed by atoms with Gasteiger partial charge in [-0.25, -0.2) is 9.18 Å². The van der Waals surface area contributed by atoms with Gasteiger partial charge >= 0.3 is 5.97 Å². The van der Waals surface area contributed by atoms with Gasteiger partial charge in [-0.1, -0.05) is 13.8 Å². The Morgan fingerprint density at radius 1 is 1.42 bits per heavy atom. The van der Waals surface area contributed by atoms with Crippen LogP contribution in [0.3, 0.4) is 0 Å². The minimum absolute atomic E-state index is 0.211. The number of nitrogens with two attached hydrogens (primary N) is 1. The maximum absolute atomic E-state index is 13.2. The molecule has 5 nitrogen and oxygen atoms in total. The second kappa shape index (κ2) is 6.29. The van der Waals surface area contributed by atoms with Crippen LogP contribution >= 0.6 is 0 Å². The number of nitrogens with one attached hydrogen (secondary N) is 1. The molecule has 4 N–H and O–H groups in total. The molecule has 1 aromatic rings. The summed E-state index contributed by atoms with van der Waals surface area (Å²) in [6.07, 6.45) is 0.513. The van der Waals surface area contributed by atoms with Crippen molar-refractivity contribution in [2.24, 2.45) is 11.7 Å². The van der Waals surface area contributed by atoms with Crippen molar-refractivity contribution in [3.05, 3.63) is 29.6 Å². The van der Waals surface area contributed by atoms with Crippen LogP contribution in [0.25, 0.3) is 0 Å². The molecule has 0 saturated heterocycles. The summed E-state index contributed by atoms with van der Waals surface area (Å²) in [7, 11) is 0. The van der Waals surface area contributed by atoms with Crippen molar-refractivity contribution in [1.29, 1.82) is 0 Å². The Balaban J connectivity index is 2.80. The number of benzene rings is 1. The fraction of sp³-hybridized carbons (Fsp3) is 0.385. The van der Waals surface area contributed by atoms with E-state index in [-0.39, 0.29) is 11.6 Å². The lowest BCUT2D eigenvalue weighted by Crippen LogP contribution is -2.36. The van der Waals surface area contributed by atoms with E-state index in [1.165, 1.54) is 6.07 Å². The molecule has 0 unspecified atom stereocenters. The number of aromatic carboxylic acids is 1. The predicted octanol–water partition coefficient (Wildman–Crippen LogP) is 1.84. The van der Waals surface area contributed by atoms with Crippen LogP contribution < -0.4 is 11.1 Å². The Labute approximate surface area is 110 Å². The van der Waals surface area contributed by atoms with Crippen LogP contribution in [0.1, 0.15) is 30.6 Å².